The molecule has 272 valence electrons. The number of hydrogen-bond acceptors (Lipinski definition) is 3. The highest BCUT2D eigenvalue weighted by molar-refractivity contribution is 9.10. The molecule has 0 aliphatic carbocycles. The van der Waals surface area contributed by atoms with Crippen molar-refractivity contribution >= 4 is 39.5 Å². The minimum Gasteiger partial charge on any atom is -0.340 e. The van der Waals surface area contributed by atoms with Crippen molar-refractivity contribution in [2.75, 3.05) is 38.5 Å². The predicted molar refractivity (Wildman–Crippen MR) is 182 cm³/mol. The number of amides is 4. The number of nitrogens with zero attached hydrogens (tertiary/aromatic N) is 3. The molecule has 3 aliphatic heterocycles. The SMILES string of the molecule is CN(C(=O)C(C)(C)c1cc(C(F)(F)F)cc(C(F)(F)F)c1)[C@@H]1CN(C(=O)N2CCC3(CC2)CC(=O)Nc2ccc(Br)cc23)CC1c1ccccc1. The van der Waals surface area contributed by atoms with Crippen LogP contribution in [0.25, 0.3) is 0 Å². The van der Waals surface area contributed by atoms with Gasteiger partial charge in [-0.15, -0.1) is 0 Å². The zero-order chi connectivity index (χ0) is 37.1. The van der Waals surface area contributed by atoms with Crippen LogP contribution in [0.15, 0.2) is 71.2 Å². The van der Waals surface area contributed by atoms with Gasteiger partial charge in [0.1, 0.15) is 0 Å². The third kappa shape index (κ3) is 7.07. The van der Waals surface area contributed by atoms with Gasteiger partial charge in [0.2, 0.25) is 11.8 Å². The first-order chi connectivity index (χ1) is 23.8. The molecule has 1 spiro atoms. The van der Waals surface area contributed by atoms with E-state index in [-0.39, 0.29) is 37.0 Å². The number of piperidine rings is 1. The summed E-state index contributed by atoms with van der Waals surface area (Å²) in [5.41, 5.74) is -3.00. The van der Waals surface area contributed by atoms with E-state index in [1.54, 1.807) is 9.80 Å². The van der Waals surface area contributed by atoms with E-state index in [0.29, 0.717) is 44.5 Å². The van der Waals surface area contributed by atoms with Gasteiger partial charge in [-0.1, -0.05) is 46.3 Å². The number of likely N-dealkylation sites (tertiary alicyclic amines) is 2. The van der Waals surface area contributed by atoms with Gasteiger partial charge in [-0.05, 0) is 79.8 Å². The molecule has 7 nitrogen and oxygen atoms in total. The van der Waals surface area contributed by atoms with E-state index < -0.39 is 51.8 Å². The number of carbonyl (C=O) groups excluding carboxylic acids is 3. The molecule has 3 aliphatic rings. The summed E-state index contributed by atoms with van der Waals surface area (Å²) < 4.78 is 83.2. The summed E-state index contributed by atoms with van der Waals surface area (Å²) in [7, 11) is 1.48. The number of fused-ring (bicyclic) bond motifs is 2. The second-order valence-corrected chi connectivity index (χ2v) is 15.2. The van der Waals surface area contributed by atoms with E-state index in [4.69, 9.17) is 0 Å². The first kappa shape index (κ1) is 36.7. The molecule has 14 heteroatoms. The van der Waals surface area contributed by atoms with Gasteiger partial charge >= 0.3 is 18.4 Å². The van der Waals surface area contributed by atoms with Crippen molar-refractivity contribution in [1.29, 1.82) is 0 Å². The van der Waals surface area contributed by atoms with E-state index in [2.05, 4.69) is 21.2 Å². The van der Waals surface area contributed by atoms with Crippen molar-refractivity contribution in [2.45, 2.75) is 68.3 Å². The Morgan fingerprint density at radius 2 is 1.43 bits per heavy atom. The fourth-order valence-electron chi connectivity index (χ4n) is 7.83. The molecule has 4 amide bonds. The number of likely N-dealkylation sites (N-methyl/N-ethyl adjacent to an activating group) is 1. The molecule has 51 heavy (non-hydrogen) atoms. The smallest absolute Gasteiger partial charge is 0.340 e. The molecule has 3 aromatic rings. The van der Waals surface area contributed by atoms with Crippen LogP contribution >= 0.6 is 15.9 Å². The number of hydrogen-bond donors (Lipinski definition) is 1. The molecular weight excluding hydrogens is 742 g/mol. The van der Waals surface area contributed by atoms with Gasteiger partial charge in [-0.25, -0.2) is 4.79 Å². The van der Waals surface area contributed by atoms with Gasteiger partial charge < -0.3 is 20.0 Å². The minimum atomic E-state index is -5.07. The van der Waals surface area contributed by atoms with Gasteiger partial charge in [0.15, 0.2) is 0 Å². The predicted octanol–water partition coefficient (Wildman–Crippen LogP) is 8.19. The molecule has 2 saturated heterocycles. The number of nitrogens with one attached hydrogen (secondary N) is 1. The van der Waals surface area contributed by atoms with Gasteiger partial charge in [-0.2, -0.15) is 26.3 Å². The number of anilines is 1. The molecule has 3 aromatic carbocycles. The fraction of sp³-hybridized carbons (Fsp3) is 0.432. The summed E-state index contributed by atoms with van der Waals surface area (Å²) >= 11 is 3.53. The Balaban J connectivity index is 1.24. The topological polar surface area (TPSA) is 73.0 Å². The van der Waals surface area contributed by atoms with E-state index in [1.807, 2.05) is 48.5 Å². The molecule has 3 heterocycles. The largest absolute Gasteiger partial charge is 0.416 e. The van der Waals surface area contributed by atoms with Crippen LogP contribution in [-0.2, 0) is 32.8 Å². The van der Waals surface area contributed by atoms with E-state index in [9.17, 15) is 40.7 Å². The summed E-state index contributed by atoms with van der Waals surface area (Å²) in [6.07, 6.45) is -8.69. The Morgan fingerprint density at radius 1 is 0.843 bits per heavy atom. The van der Waals surface area contributed by atoms with Crippen LogP contribution in [0.3, 0.4) is 0 Å². The molecular formula is C37H37BrF6N4O3. The van der Waals surface area contributed by atoms with Crippen LogP contribution in [0, 0.1) is 0 Å². The Morgan fingerprint density at radius 3 is 2.02 bits per heavy atom. The fourth-order valence-corrected chi connectivity index (χ4v) is 8.19. The monoisotopic (exact) mass is 778 g/mol. The minimum absolute atomic E-state index is 0.0445. The van der Waals surface area contributed by atoms with Gasteiger partial charge in [0.05, 0.1) is 22.6 Å². The summed E-state index contributed by atoms with van der Waals surface area (Å²) in [6, 6.07) is 15.3. The van der Waals surface area contributed by atoms with Crippen molar-refractivity contribution in [1.82, 2.24) is 14.7 Å². The number of carbonyl (C=O) groups is 3. The van der Waals surface area contributed by atoms with Gasteiger partial charge in [0, 0.05) is 61.1 Å². The molecule has 0 bridgehead atoms. The van der Waals surface area contributed by atoms with Gasteiger partial charge in [-0.3, -0.25) is 9.59 Å². The van der Waals surface area contributed by atoms with Crippen LogP contribution in [0.1, 0.15) is 66.8 Å². The Labute approximate surface area is 300 Å². The average Bonchev–Trinajstić information content (AvgIpc) is 3.53. The molecule has 6 rings (SSSR count). The lowest BCUT2D eigenvalue weighted by Crippen LogP contribution is -2.52. The van der Waals surface area contributed by atoms with Crippen LogP contribution < -0.4 is 5.32 Å². The first-order valence-electron chi connectivity index (χ1n) is 16.6. The summed E-state index contributed by atoms with van der Waals surface area (Å²) in [5, 5.41) is 2.94. The second kappa shape index (κ2) is 13.2. The number of alkyl halides is 6. The molecule has 0 saturated carbocycles. The lowest BCUT2D eigenvalue weighted by molar-refractivity contribution is -0.144. The molecule has 1 unspecified atom stereocenters. The van der Waals surface area contributed by atoms with Crippen molar-refractivity contribution < 1.29 is 40.7 Å². The highest BCUT2D eigenvalue weighted by Crippen LogP contribution is 2.46. The zero-order valence-corrected chi connectivity index (χ0v) is 29.8. The van der Waals surface area contributed by atoms with Gasteiger partial charge in [0.25, 0.3) is 0 Å². The molecule has 0 aromatic heterocycles. The summed E-state index contributed by atoms with van der Waals surface area (Å²) in [6.45, 7) is 3.76. The highest BCUT2D eigenvalue weighted by Gasteiger charge is 2.48. The van der Waals surface area contributed by atoms with E-state index in [1.165, 1.54) is 25.8 Å². The van der Waals surface area contributed by atoms with E-state index >= 15 is 0 Å². The third-order valence-electron chi connectivity index (χ3n) is 10.8. The average molecular weight is 780 g/mol. The standard InChI is InChI=1S/C37H37BrF6N4O3/c1-34(2,23-15-24(36(39,40)41)17-25(16-23)37(42,43)44)32(50)46(3)30-21-48(20-27(30)22-7-5-4-6-8-22)33(51)47-13-11-35(12-14-47)19-31(49)45-29-10-9-26(38)18-28(29)35/h4-10,15-18,27,30H,11-14,19-21H2,1-3H3,(H,45,49)/t27?,30-/m1/s1. The summed E-state index contributed by atoms with van der Waals surface area (Å²) in [5.74, 6) is -1.14. The molecule has 2 fully saturated rings. The number of urea groups is 1. The number of halogens is 7. The molecule has 0 radical (unpaired) electrons. The van der Waals surface area contributed by atoms with Crippen molar-refractivity contribution in [3.63, 3.8) is 0 Å². The van der Waals surface area contributed by atoms with Crippen molar-refractivity contribution in [2.24, 2.45) is 0 Å². The molecule has 1 N–H and O–H groups in total. The zero-order valence-electron chi connectivity index (χ0n) is 28.2. The number of benzene rings is 3. The quantitative estimate of drug-likeness (QED) is 0.272. The van der Waals surface area contributed by atoms with Crippen LogP contribution in [-0.4, -0.2) is 71.8 Å². The van der Waals surface area contributed by atoms with Crippen molar-refractivity contribution in [3.05, 3.63) is 99.0 Å². The second-order valence-electron chi connectivity index (χ2n) is 14.3. The maximum atomic E-state index is 14.2. The maximum absolute atomic E-state index is 14.2. The molecule has 2 atom stereocenters. The van der Waals surface area contributed by atoms with Crippen LogP contribution in [0.4, 0.5) is 36.8 Å². The lowest BCUT2D eigenvalue weighted by Gasteiger charge is -2.45. The highest BCUT2D eigenvalue weighted by atomic mass is 79.9. The Kier molecular flexibility index (Phi) is 9.47. The van der Waals surface area contributed by atoms with Crippen LogP contribution in [0.2, 0.25) is 0 Å². The normalized spacial score (nSPS) is 20.6. The van der Waals surface area contributed by atoms with E-state index in [0.717, 1.165) is 21.3 Å². The first-order valence-corrected chi connectivity index (χ1v) is 17.4. The third-order valence-corrected chi connectivity index (χ3v) is 11.3. The maximum Gasteiger partial charge on any atom is 0.416 e. The lowest BCUT2D eigenvalue weighted by atomic mass is 9.68. The Bertz CT molecular complexity index is 1810. The summed E-state index contributed by atoms with van der Waals surface area (Å²) in [4.78, 5) is 45.7. The Hall–Kier alpha value is -4.07. The van der Waals surface area contributed by atoms with Crippen LogP contribution in [0.5, 0.6) is 0 Å². The number of rotatable bonds is 4. The van der Waals surface area contributed by atoms with Crippen molar-refractivity contribution in [3.8, 4) is 0 Å².